The van der Waals surface area contributed by atoms with Crippen LogP contribution in [0, 0.1) is 5.92 Å². The van der Waals surface area contributed by atoms with Crippen molar-refractivity contribution < 1.29 is 9.21 Å². The van der Waals surface area contributed by atoms with Crippen LogP contribution < -0.4 is 0 Å². The number of rotatable bonds is 5. The van der Waals surface area contributed by atoms with Crippen molar-refractivity contribution in [2.45, 2.75) is 57.3 Å². The Bertz CT molecular complexity index is 1030. The Morgan fingerprint density at radius 3 is 2.44 bits per heavy atom. The molecular weight excluding hydrogens is 396 g/mol. The minimum absolute atomic E-state index is 0.113. The number of aromatic nitrogens is 1. The molecule has 0 bridgehead atoms. The molecule has 2 fully saturated rings. The van der Waals surface area contributed by atoms with Gasteiger partial charge in [0.05, 0.1) is 5.92 Å². The zero-order valence-corrected chi connectivity index (χ0v) is 18.9. The number of hydrogen-bond acceptors (Lipinski definition) is 3. The van der Waals surface area contributed by atoms with Gasteiger partial charge in [-0.05, 0) is 36.8 Å². The molecule has 1 saturated carbocycles. The molecular formula is C28H32N2O2. The van der Waals surface area contributed by atoms with E-state index in [1.165, 1.54) is 24.0 Å². The summed E-state index contributed by atoms with van der Waals surface area (Å²) in [6.45, 7) is 3.68. The van der Waals surface area contributed by atoms with Gasteiger partial charge in [0.25, 0.3) is 0 Å². The first-order valence-electron chi connectivity index (χ1n) is 12.1. The molecule has 2 heterocycles. The van der Waals surface area contributed by atoms with E-state index in [9.17, 15) is 4.79 Å². The minimum atomic E-state index is 0.113. The normalized spacial score (nSPS) is 21.7. The number of nitrogens with zero attached hydrogens (tertiary/aromatic N) is 2. The average molecular weight is 429 g/mol. The van der Waals surface area contributed by atoms with Gasteiger partial charge in [-0.2, -0.15) is 0 Å². The number of hydrogen-bond donors (Lipinski definition) is 0. The third-order valence-corrected chi connectivity index (χ3v) is 7.27. The van der Waals surface area contributed by atoms with Gasteiger partial charge in [0.2, 0.25) is 5.91 Å². The number of oxazole rings is 1. The van der Waals surface area contributed by atoms with Crippen molar-refractivity contribution in [3.63, 3.8) is 0 Å². The van der Waals surface area contributed by atoms with Gasteiger partial charge >= 0.3 is 0 Å². The molecule has 2 unspecified atom stereocenters. The molecule has 0 radical (unpaired) electrons. The fourth-order valence-corrected chi connectivity index (χ4v) is 5.37. The number of benzene rings is 2. The van der Waals surface area contributed by atoms with Gasteiger partial charge in [0.1, 0.15) is 12.0 Å². The predicted octanol–water partition coefficient (Wildman–Crippen LogP) is 6.19. The summed E-state index contributed by atoms with van der Waals surface area (Å²) in [7, 11) is 0. The maximum Gasteiger partial charge on any atom is 0.225 e. The standard InChI is InChI=1S/C28H32N2O2/c1-2-20-12-14-21(15-13-20)24-16-25(18-30(17-24)28(31)23-10-6-7-11-23)27-29-26(19-32-27)22-8-4-3-5-9-22/h3-5,8-9,12-15,19,23-25H,2,6-7,10-11,16-18H2,1H3. The highest BCUT2D eigenvalue weighted by Gasteiger charge is 2.37. The predicted molar refractivity (Wildman–Crippen MR) is 126 cm³/mol. The largest absolute Gasteiger partial charge is 0.448 e. The number of amides is 1. The van der Waals surface area contributed by atoms with Gasteiger partial charge < -0.3 is 9.32 Å². The molecule has 1 aliphatic carbocycles. The molecule has 0 spiro atoms. The van der Waals surface area contributed by atoms with Crippen molar-refractivity contribution in [2.75, 3.05) is 13.1 Å². The summed E-state index contributed by atoms with van der Waals surface area (Å²) in [5.74, 6) is 1.70. The molecule has 4 heteroatoms. The van der Waals surface area contributed by atoms with E-state index in [1.807, 2.05) is 18.2 Å². The highest BCUT2D eigenvalue weighted by Crippen LogP contribution is 2.38. The number of carbonyl (C=O) groups excluding carboxylic acids is 1. The van der Waals surface area contributed by atoms with Gasteiger partial charge in [0.15, 0.2) is 5.89 Å². The molecule has 1 amide bonds. The van der Waals surface area contributed by atoms with Crippen LogP contribution in [0.5, 0.6) is 0 Å². The number of likely N-dealkylation sites (tertiary alicyclic amines) is 1. The Balaban J connectivity index is 1.41. The Morgan fingerprint density at radius 1 is 1.00 bits per heavy atom. The van der Waals surface area contributed by atoms with Gasteiger partial charge in [-0.1, -0.05) is 74.4 Å². The molecule has 1 aliphatic heterocycles. The zero-order chi connectivity index (χ0) is 21.9. The Kier molecular flexibility index (Phi) is 6.11. The van der Waals surface area contributed by atoms with Crippen LogP contribution in [-0.2, 0) is 11.2 Å². The summed E-state index contributed by atoms with van der Waals surface area (Å²) < 4.78 is 5.98. The second kappa shape index (κ2) is 9.32. The summed E-state index contributed by atoms with van der Waals surface area (Å²) >= 11 is 0. The van der Waals surface area contributed by atoms with Crippen LogP contribution in [0.25, 0.3) is 11.3 Å². The maximum atomic E-state index is 13.4. The first-order chi connectivity index (χ1) is 15.7. The third-order valence-electron chi connectivity index (χ3n) is 7.27. The van der Waals surface area contributed by atoms with Crippen molar-refractivity contribution in [2.24, 2.45) is 5.92 Å². The van der Waals surface area contributed by atoms with Crippen molar-refractivity contribution in [1.29, 1.82) is 0 Å². The zero-order valence-electron chi connectivity index (χ0n) is 18.9. The molecule has 2 aliphatic rings. The summed E-state index contributed by atoms with van der Waals surface area (Å²) in [5.41, 5.74) is 4.58. The van der Waals surface area contributed by atoms with Crippen LogP contribution in [0.1, 0.15) is 67.9 Å². The van der Waals surface area contributed by atoms with Crippen LogP contribution in [0.3, 0.4) is 0 Å². The van der Waals surface area contributed by atoms with E-state index >= 15 is 0 Å². The first kappa shape index (κ1) is 21.0. The van der Waals surface area contributed by atoms with E-state index in [-0.39, 0.29) is 11.8 Å². The van der Waals surface area contributed by atoms with Crippen molar-refractivity contribution >= 4 is 5.91 Å². The summed E-state index contributed by atoms with van der Waals surface area (Å²) in [4.78, 5) is 20.3. The second-order valence-electron chi connectivity index (χ2n) is 9.39. The van der Waals surface area contributed by atoms with Crippen LogP contribution in [0.15, 0.2) is 65.3 Å². The monoisotopic (exact) mass is 428 g/mol. The van der Waals surface area contributed by atoms with Gasteiger partial charge in [-0.15, -0.1) is 0 Å². The lowest BCUT2D eigenvalue weighted by molar-refractivity contribution is -0.137. The van der Waals surface area contributed by atoms with Crippen LogP contribution in [0.4, 0.5) is 0 Å². The Morgan fingerprint density at radius 2 is 1.72 bits per heavy atom. The van der Waals surface area contributed by atoms with E-state index in [1.54, 1.807) is 6.26 Å². The fraction of sp³-hybridized carbons (Fsp3) is 0.429. The molecule has 1 aromatic heterocycles. The highest BCUT2D eigenvalue weighted by atomic mass is 16.3. The average Bonchev–Trinajstić information content (AvgIpc) is 3.57. The lowest BCUT2D eigenvalue weighted by atomic mass is 9.83. The number of piperidine rings is 1. The highest BCUT2D eigenvalue weighted by molar-refractivity contribution is 5.79. The molecule has 4 nitrogen and oxygen atoms in total. The summed E-state index contributed by atoms with van der Waals surface area (Å²) in [6, 6.07) is 19.1. The number of carbonyl (C=O) groups is 1. The fourth-order valence-electron chi connectivity index (χ4n) is 5.37. The van der Waals surface area contributed by atoms with E-state index in [0.29, 0.717) is 18.4 Å². The van der Waals surface area contributed by atoms with E-state index in [0.717, 1.165) is 49.4 Å². The quantitative estimate of drug-likeness (QED) is 0.486. The molecule has 2 atom stereocenters. The van der Waals surface area contributed by atoms with Crippen molar-refractivity contribution in [3.05, 3.63) is 77.9 Å². The molecule has 32 heavy (non-hydrogen) atoms. The summed E-state index contributed by atoms with van der Waals surface area (Å²) in [6.07, 6.45) is 8.17. The number of aryl methyl sites for hydroxylation is 1. The lowest BCUT2D eigenvalue weighted by Crippen LogP contribution is -2.44. The minimum Gasteiger partial charge on any atom is -0.448 e. The van der Waals surface area contributed by atoms with Gasteiger partial charge in [-0.25, -0.2) is 4.98 Å². The smallest absolute Gasteiger partial charge is 0.225 e. The second-order valence-corrected chi connectivity index (χ2v) is 9.39. The van der Waals surface area contributed by atoms with Crippen LogP contribution >= 0.6 is 0 Å². The van der Waals surface area contributed by atoms with E-state index in [2.05, 4.69) is 48.2 Å². The third kappa shape index (κ3) is 4.36. The van der Waals surface area contributed by atoms with E-state index < -0.39 is 0 Å². The molecule has 1 saturated heterocycles. The lowest BCUT2D eigenvalue weighted by Gasteiger charge is -2.38. The van der Waals surface area contributed by atoms with Crippen LogP contribution in [0.2, 0.25) is 0 Å². The Hall–Kier alpha value is -2.88. The van der Waals surface area contributed by atoms with Gasteiger partial charge in [0, 0.05) is 30.5 Å². The van der Waals surface area contributed by atoms with Crippen molar-refractivity contribution in [3.8, 4) is 11.3 Å². The summed E-state index contributed by atoms with van der Waals surface area (Å²) in [5, 5.41) is 0. The van der Waals surface area contributed by atoms with Crippen LogP contribution in [-0.4, -0.2) is 28.9 Å². The molecule has 0 N–H and O–H groups in total. The van der Waals surface area contributed by atoms with Crippen molar-refractivity contribution in [1.82, 2.24) is 9.88 Å². The molecule has 5 rings (SSSR count). The Labute approximate surface area is 190 Å². The SMILES string of the molecule is CCc1ccc(C2CC(c3nc(-c4ccccc4)co3)CN(C(=O)C3CCCC3)C2)cc1. The molecule has 3 aromatic rings. The van der Waals surface area contributed by atoms with Gasteiger partial charge in [-0.3, -0.25) is 4.79 Å². The molecule has 166 valence electrons. The topological polar surface area (TPSA) is 46.3 Å². The maximum absolute atomic E-state index is 13.4. The molecule has 2 aromatic carbocycles. The first-order valence-corrected chi connectivity index (χ1v) is 12.1. The van der Waals surface area contributed by atoms with E-state index in [4.69, 9.17) is 9.40 Å².